The predicted octanol–water partition coefficient (Wildman–Crippen LogP) is 5.53. The summed E-state index contributed by atoms with van der Waals surface area (Å²) in [7, 11) is 0. The first kappa shape index (κ1) is 23.4. The van der Waals surface area contributed by atoms with Gasteiger partial charge in [0.1, 0.15) is 17.5 Å². The number of hydrogen-bond acceptors (Lipinski definition) is 6. The molecule has 2 atom stereocenters. The average Bonchev–Trinajstić information content (AvgIpc) is 3.25. The summed E-state index contributed by atoms with van der Waals surface area (Å²) >= 11 is 0. The van der Waals surface area contributed by atoms with Crippen LogP contribution in [0.2, 0.25) is 0 Å². The van der Waals surface area contributed by atoms with Crippen molar-refractivity contribution in [2.24, 2.45) is 5.41 Å². The van der Waals surface area contributed by atoms with E-state index in [1.165, 1.54) is 0 Å². The summed E-state index contributed by atoms with van der Waals surface area (Å²) in [5.74, 6) is 0.572. The van der Waals surface area contributed by atoms with Crippen LogP contribution in [0.4, 0.5) is 17.6 Å². The van der Waals surface area contributed by atoms with Gasteiger partial charge in [0, 0.05) is 42.5 Å². The summed E-state index contributed by atoms with van der Waals surface area (Å²) in [6.07, 6.45) is 1.04. The van der Waals surface area contributed by atoms with Crippen molar-refractivity contribution in [3.05, 3.63) is 40.9 Å². The summed E-state index contributed by atoms with van der Waals surface area (Å²) in [5.41, 5.74) is 1.83. The van der Waals surface area contributed by atoms with Gasteiger partial charge in [-0.25, -0.2) is 24.3 Å². The molecule has 1 saturated heterocycles. The Kier molecular flexibility index (Phi) is 4.86. The first-order valence-electron chi connectivity index (χ1n) is 13.0. The lowest BCUT2D eigenvalue weighted by atomic mass is 9.34. The van der Waals surface area contributed by atoms with Gasteiger partial charge >= 0.3 is 6.18 Å². The smallest absolute Gasteiger partial charge is 0.373 e. The summed E-state index contributed by atoms with van der Waals surface area (Å²) in [5, 5.41) is 4.43. The number of nitrogens with zero attached hydrogens (tertiary/aromatic N) is 6. The van der Waals surface area contributed by atoms with Gasteiger partial charge < -0.3 is 4.74 Å². The van der Waals surface area contributed by atoms with E-state index < -0.39 is 23.2 Å². The molecule has 8 rings (SSSR count). The molecule has 2 bridgehead atoms. The van der Waals surface area contributed by atoms with Crippen molar-refractivity contribution in [1.82, 2.24) is 29.7 Å². The molecule has 4 saturated carbocycles. The molecular weight excluding hydrogens is 488 g/mol. The highest BCUT2D eigenvalue weighted by Crippen LogP contribution is 2.78. The summed E-state index contributed by atoms with van der Waals surface area (Å²) in [4.78, 5) is 19.1. The normalized spacial score (nSPS) is 35.1. The van der Waals surface area contributed by atoms with Crippen molar-refractivity contribution in [2.75, 3.05) is 6.61 Å². The third-order valence-electron chi connectivity index (χ3n) is 9.17. The molecule has 0 aromatic carbocycles. The van der Waals surface area contributed by atoms with Crippen molar-refractivity contribution < 1.29 is 22.3 Å². The van der Waals surface area contributed by atoms with Gasteiger partial charge in [0.2, 0.25) is 0 Å². The molecule has 1 aliphatic heterocycles. The van der Waals surface area contributed by atoms with Gasteiger partial charge in [0.15, 0.2) is 5.65 Å². The zero-order valence-electron chi connectivity index (χ0n) is 20.7. The molecule has 37 heavy (non-hydrogen) atoms. The Hall–Kier alpha value is -2.69. The van der Waals surface area contributed by atoms with Crippen molar-refractivity contribution in [2.45, 2.75) is 94.6 Å². The Morgan fingerprint density at radius 3 is 2.43 bits per heavy atom. The Bertz CT molecular complexity index is 1380. The fourth-order valence-electron chi connectivity index (χ4n) is 6.74. The molecule has 4 heterocycles. The Balaban J connectivity index is 1.20. The highest BCUT2D eigenvalue weighted by molar-refractivity contribution is 5.75. The quantitative estimate of drug-likeness (QED) is 0.425. The van der Waals surface area contributed by atoms with Crippen molar-refractivity contribution >= 4 is 11.2 Å². The van der Waals surface area contributed by atoms with Crippen LogP contribution in [-0.4, -0.2) is 48.7 Å². The summed E-state index contributed by atoms with van der Waals surface area (Å²) < 4.78 is 62.0. The standard InChI is InChI=1S/C26H28F4N6O/c1-13-14(2)33-23-20(32-13)21(24-10-25(11-24,12-24)26(28,29)30)34-22(35-23)15-3-4-37-19(5-15)16-8-31-36(9-16)18-6-17(27)7-18/h8-9,15,17-19H,3-7,10-12H2,1-2H3/t15-,17?,18?,19-,24?,25?/m1/s1. The zero-order valence-corrected chi connectivity index (χ0v) is 20.7. The van der Waals surface area contributed by atoms with Gasteiger partial charge in [-0.05, 0) is 46.0 Å². The van der Waals surface area contributed by atoms with Crippen molar-refractivity contribution in [3.63, 3.8) is 0 Å². The number of hydrogen-bond donors (Lipinski definition) is 0. The van der Waals surface area contributed by atoms with Gasteiger partial charge in [-0.1, -0.05) is 0 Å². The highest BCUT2D eigenvalue weighted by Gasteiger charge is 2.79. The van der Waals surface area contributed by atoms with Crippen LogP contribution < -0.4 is 0 Å². The number of fused-ring (bicyclic) bond motifs is 1. The van der Waals surface area contributed by atoms with Crippen LogP contribution in [0.3, 0.4) is 0 Å². The minimum atomic E-state index is -4.19. The van der Waals surface area contributed by atoms with Crippen LogP contribution in [0.5, 0.6) is 0 Å². The first-order valence-corrected chi connectivity index (χ1v) is 13.0. The zero-order chi connectivity index (χ0) is 25.7. The minimum Gasteiger partial charge on any atom is -0.373 e. The van der Waals surface area contributed by atoms with E-state index in [1.54, 1.807) is 6.20 Å². The van der Waals surface area contributed by atoms with E-state index in [-0.39, 0.29) is 37.3 Å². The van der Waals surface area contributed by atoms with Crippen LogP contribution in [-0.2, 0) is 10.2 Å². The monoisotopic (exact) mass is 516 g/mol. The lowest BCUT2D eigenvalue weighted by molar-refractivity contribution is -0.337. The number of ether oxygens (including phenoxy) is 1. The topological polar surface area (TPSA) is 78.6 Å². The van der Waals surface area contributed by atoms with E-state index in [0.29, 0.717) is 55.0 Å². The van der Waals surface area contributed by atoms with E-state index in [2.05, 4.69) is 15.1 Å². The molecular formula is C26H28F4N6O. The fraction of sp³-hybridized carbons (Fsp3) is 0.654. The van der Waals surface area contributed by atoms with Crippen molar-refractivity contribution in [1.29, 1.82) is 0 Å². The van der Waals surface area contributed by atoms with Crippen LogP contribution >= 0.6 is 0 Å². The maximum Gasteiger partial charge on any atom is 0.394 e. The molecule has 0 N–H and O–H groups in total. The minimum absolute atomic E-state index is 0.0310. The van der Waals surface area contributed by atoms with Crippen LogP contribution in [0.1, 0.15) is 91.5 Å². The first-order chi connectivity index (χ1) is 17.6. The summed E-state index contributed by atoms with van der Waals surface area (Å²) in [6, 6.07) is 0.0906. The van der Waals surface area contributed by atoms with Crippen LogP contribution in [0, 0.1) is 19.3 Å². The van der Waals surface area contributed by atoms with Gasteiger partial charge in [-0.2, -0.15) is 18.3 Å². The maximum absolute atomic E-state index is 13.6. The molecule has 5 aliphatic rings. The maximum atomic E-state index is 13.6. The number of aryl methyl sites for hydroxylation is 2. The van der Waals surface area contributed by atoms with E-state index in [4.69, 9.17) is 14.7 Å². The van der Waals surface area contributed by atoms with Crippen LogP contribution in [0.15, 0.2) is 12.4 Å². The van der Waals surface area contributed by atoms with Gasteiger partial charge in [0.05, 0.1) is 40.8 Å². The third-order valence-corrected chi connectivity index (χ3v) is 9.17. The lowest BCUT2D eigenvalue weighted by Crippen LogP contribution is -2.70. The lowest BCUT2D eigenvalue weighted by Gasteiger charge is -2.70. The third kappa shape index (κ3) is 3.45. The average molecular weight is 517 g/mol. The second-order valence-corrected chi connectivity index (χ2v) is 11.6. The van der Waals surface area contributed by atoms with Gasteiger partial charge in [0.25, 0.3) is 0 Å². The van der Waals surface area contributed by atoms with E-state index in [1.807, 2.05) is 24.7 Å². The summed E-state index contributed by atoms with van der Waals surface area (Å²) in [6.45, 7) is 4.21. The SMILES string of the molecule is Cc1nc2nc([C@@H]3CCO[C@@H](c4cnn(C5CC(F)C5)c4)C3)nc(C34CC(C(F)(F)F)(C3)C4)c2nc1C. The fourth-order valence-corrected chi connectivity index (χ4v) is 6.74. The molecule has 0 unspecified atom stereocenters. The number of alkyl halides is 4. The second kappa shape index (κ2) is 7.68. The molecule has 3 aromatic rings. The molecule has 0 radical (unpaired) electrons. The largest absolute Gasteiger partial charge is 0.394 e. The number of halogens is 4. The Morgan fingerprint density at radius 1 is 1.00 bits per heavy atom. The van der Waals surface area contributed by atoms with E-state index >= 15 is 0 Å². The molecule has 7 nitrogen and oxygen atoms in total. The highest BCUT2D eigenvalue weighted by atomic mass is 19.4. The number of rotatable bonds is 4. The van der Waals surface area contributed by atoms with Crippen molar-refractivity contribution in [3.8, 4) is 0 Å². The molecule has 5 fully saturated rings. The predicted molar refractivity (Wildman–Crippen MR) is 125 cm³/mol. The number of aromatic nitrogens is 6. The van der Waals surface area contributed by atoms with E-state index in [0.717, 1.165) is 17.0 Å². The van der Waals surface area contributed by atoms with Crippen LogP contribution in [0.25, 0.3) is 11.2 Å². The molecule has 0 amide bonds. The second-order valence-electron chi connectivity index (χ2n) is 11.6. The van der Waals surface area contributed by atoms with Gasteiger partial charge in [-0.3, -0.25) is 4.68 Å². The Morgan fingerprint density at radius 2 is 1.73 bits per heavy atom. The Labute approximate surface area is 211 Å². The molecule has 0 spiro atoms. The molecule has 4 aliphatic carbocycles. The van der Waals surface area contributed by atoms with Gasteiger partial charge in [-0.15, -0.1) is 0 Å². The molecule has 11 heteroatoms. The molecule has 3 aromatic heterocycles. The van der Waals surface area contributed by atoms with E-state index in [9.17, 15) is 17.6 Å². The molecule has 196 valence electrons.